The fraction of sp³-hybridized carbons (Fsp3) is 0.261. The number of rotatable bonds is 5. The molecule has 3 aromatic rings. The Kier molecular flexibility index (Phi) is 6.32. The summed E-state index contributed by atoms with van der Waals surface area (Å²) in [5.41, 5.74) is 2.69. The molecule has 4 rings (SSSR count). The van der Waals surface area contributed by atoms with Crippen molar-refractivity contribution in [3.8, 4) is 11.3 Å². The molecule has 1 saturated heterocycles. The van der Waals surface area contributed by atoms with Gasteiger partial charge in [0.15, 0.2) is 0 Å². The van der Waals surface area contributed by atoms with Crippen LogP contribution in [0.3, 0.4) is 0 Å². The Bertz CT molecular complexity index is 1080. The van der Waals surface area contributed by atoms with Crippen molar-refractivity contribution in [3.05, 3.63) is 76.7 Å². The molecule has 1 aliphatic heterocycles. The molecule has 31 heavy (non-hydrogen) atoms. The normalized spacial score (nSPS) is 14.5. The average Bonchev–Trinajstić information content (AvgIpc) is 3.26. The number of likely N-dealkylation sites (tertiary alicyclic amines) is 1. The largest absolute Gasteiger partial charge is 0.353 e. The van der Waals surface area contributed by atoms with E-state index in [0.29, 0.717) is 42.3 Å². The number of amides is 2. The predicted molar refractivity (Wildman–Crippen MR) is 116 cm³/mol. The number of benzene rings is 2. The van der Waals surface area contributed by atoms with Gasteiger partial charge in [0, 0.05) is 29.7 Å². The zero-order chi connectivity index (χ0) is 21.8. The van der Waals surface area contributed by atoms with E-state index in [1.54, 1.807) is 35.2 Å². The van der Waals surface area contributed by atoms with Crippen molar-refractivity contribution in [2.45, 2.75) is 25.3 Å². The van der Waals surface area contributed by atoms with Crippen LogP contribution in [0.15, 0.2) is 54.6 Å². The number of piperidine rings is 1. The van der Waals surface area contributed by atoms with Crippen LogP contribution in [0.5, 0.6) is 0 Å². The van der Waals surface area contributed by atoms with Crippen LogP contribution in [0, 0.1) is 5.82 Å². The Balaban J connectivity index is 1.29. The van der Waals surface area contributed by atoms with E-state index in [4.69, 9.17) is 11.6 Å². The second-order valence-corrected chi connectivity index (χ2v) is 8.05. The summed E-state index contributed by atoms with van der Waals surface area (Å²) in [6.07, 6.45) is 1.56. The number of nitrogens with one attached hydrogen (secondary N) is 2. The molecule has 0 bridgehead atoms. The molecule has 1 aliphatic rings. The van der Waals surface area contributed by atoms with Crippen LogP contribution >= 0.6 is 11.6 Å². The van der Waals surface area contributed by atoms with Gasteiger partial charge in [0.25, 0.3) is 5.91 Å². The molecular formula is C23H22ClFN4O2. The lowest BCUT2D eigenvalue weighted by Crippen LogP contribution is -2.47. The predicted octanol–water partition coefficient (Wildman–Crippen LogP) is 3.83. The summed E-state index contributed by atoms with van der Waals surface area (Å²) in [7, 11) is 0. The topological polar surface area (TPSA) is 78.1 Å². The first-order valence-electron chi connectivity index (χ1n) is 10.1. The van der Waals surface area contributed by atoms with Crippen molar-refractivity contribution in [2.24, 2.45) is 0 Å². The minimum absolute atomic E-state index is 0.0146. The summed E-state index contributed by atoms with van der Waals surface area (Å²) in [6, 6.07) is 15.0. The summed E-state index contributed by atoms with van der Waals surface area (Å²) in [5.74, 6) is -0.536. The van der Waals surface area contributed by atoms with Gasteiger partial charge in [0.2, 0.25) is 5.91 Å². The third kappa shape index (κ3) is 5.30. The molecule has 1 fully saturated rings. The van der Waals surface area contributed by atoms with Gasteiger partial charge in [-0.15, -0.1) is 0 Å². The van der Waals surface area contributed by atoms with Crippen molar-refractivity contribution in [1.29, 1.82) is 0 Å². The van der Waals surface area contributed by atoms with E-state index in [-0.39, 0.29) is 30.1 Å². The van der Waals surface area contributed by atoms with Gasteiger partial charge in [0.05, 0.1) is 12.1 Å². The Hall–Kier alpha value is -3.19. The third-order valence-corrected chi connectivity index (χ3v) is 5.59. The summed E-state index contributed by atoms with van der Waals surface area (Å²) in [6.45, 7) is 1.09. The average molecular weight is 441 g/mol. The zero-order valence-corrected chi connectivity index (χ0v) is 17.5. The number of aromatic amines is 1. The van der Waals surface area contributed by atoms with E-state index in [1.165, 1.54) is 12.1 Å². The molecule has 2 amide bonds. The molecule has 0 radical (unpaired) electrons. The van der Waals surface area contributed by atoms with Crippen LogP contribution in [0.25, 0.3) is 11.3 Å². The Morgan fingerprint density at radius 3 is 2.58 bits per heavy atom. The van der Waals surface area contributed by atoms with E-state index in [9.17, 15) is 14.0 Å². The van der Waals surface area contributed by atoms with E-state index in [0.717, 1.165) is 11.1 Å². The van der Waals surface area contributed by atoms with Crippen LogP contribution in [0.1, 0.15) is 28.9 Å². The highest BCUT2D eigenvalue weighted by molar-refractivity contribution is 6.30. The van der Waals surface area contributed by atoms with Gasteiger partial charge >= 0.3 is 0 Å². The van der Waals surface area contributed by atoms with E-state index in [2.05, 4.69) is 15.5 Å². The highest BCUT2D eigenvalue weighted by Crippen LogP contribution is 2.22. The lowest BCUT2D eigenvalue weighted by molar-refractivity contribution is -0.121. The molecule has 0 unspecified atom stereocenters. The maximum absolute atomic E-state index is 13.0. The molecule has 0 atom stereocenters. The summed E-state index contributed by atoms with van der Waals surface area (Å²) in [4.78, 5) is 26.8. The number of hydrogen-bond acceptors (Lipinski definition) is 3. The van der Waals surface area contributed by atoms with Crippen LogP contribution in [0.2, 0.25) is 5.02 Å². The molecule has 160 valence electrons. The third-order valence-electron chi connectivity index (χ3n) is 5.35. The molecule has 0 saturated carbocycles. The first-order valence-corrected chi connectivity index (χ1v) is 10.5. The number of carbonyl (C=O) groups is 2. The van der Waals surface area contributed by atoms with Crippen molar-refractivity contribution in [2.75, 3.05) is 13.1 Å². The van der Waals surface area contributed by atoms with E-state index in [1.807, 2.05) is 12.1 Å². The van der Waals surface area contributed by atoms with Gasteiger partial charge in [-0.05, 0) is 48.7 Å². The number of H-pyrrole nitrogens is 1. The van der Waals surface area contributed by atoms with E-state index >= 15 is 0 Å². The minimum Gasteiger partial charge on any atom is -0.353 e. The lowest BCUT2D eigenvalue weighted by Gasteiger charge is -2.32. The van der Waals surface area contributed by atoms with Gasteiger partial charge in [-0.1, -0.05) is 35.9 Å². The first kappa shape index (κ1) is 21.1. The summed E-state index contributed by atoms with van der Waals surface area (Å²) < 4.78 is 13.0. The molecule has 2 aromatic carbocycles. The molecule has 0 aliphatic carbocycles. The number of halogens is 2. The molecule has 8 heteroatoms. The quantitative estimate of drug-likeness (QED) is 0.632. The van der Waals surface area contributed by atoms with Crippen molar-refractivity contribution >= 4 is 23.4 Å². The Labute approximate surface area is 184 Å². The highest BCUT2D eigenvalue weighted by Gasteiger charge is 2.25. The maximum atomic E-state index is 13.0. The monoisotopic (exact) mass is 440 g/mol. The van der Waals surface area contributed by atoms with Gasteiger partial charge < -0.3 is 10.2 Å². The SMILES string of the molecule is O=C(Cc1ccc(F)cc1)NC1CCN(C(=O)c2cc(-c3cccc(Cl)c3)n[nH]2)CC1. The second kappa shape index (κ2) is 9.31. The van der Waals surface area contributed by atoms with Crippen LogP contribution in [0.4, 0.5) is 4.39 Å². The van der Waals surface area contributed by atoms with Gasteiger partial charge in [-0.25, -0.2) is 4.39 Å². The zero-order valence-electron chi connectivity index (χ0n) is 16.8. The standard InChI is InChI=1S/C23H22ClFN4O2/c24-17-3-1-2-16(13-17)20-14-21(28-27-20)23(31)29-10-8-19(9-11-29)26-22(30)12-15-4-6-18(25)7-5-15/h1-7,13-14,19H,8-12H2,(H,26,30)(H,27,28). The fourth-order valence-electron chi connectivity index (χ4n) is 3.69. The van der Waals surface area contributed by atoms with Crippen molar-refractivity contribution in [1.82, 2.24) is 20.4 Å². The molecular weight excluding hydrogens is 419 g/mol. The van der Waals surface area contributed by atoms with Gasteiger partial charge in [-0.3, -0.25) is 14.7 Å². The van der Waals surface area contributed by atoms with E-state index < -0.39 is 0 Å². The molecule has 0 spiro atoms. The number of hydrogen-bond donors (Lipinski definition) is 2. The Morgan fingerprint density at radius 2 is 1.87 bits per heavy atom. The molecule has 2 heterocycles. The van der Waals surface area contributed by atoms with Gasteiger partial charge in [0.1, 0.15) is 11.5 Å². The Morgan fingerprint density at radius 1 is 1.13 bits per heavy atom. The van der Waals surface area contributed by atoms with Crippen LogP contribution in [-0.2, 0) is 11.2 Å². The maximum Gasteiger partial charge on any atom is 0.271 e. The second-order valence-electron chi connectivity index (χ2n) is 7.61. The number of carbonyl (C=O) groups excluding carboxylic acids is 2. The minimum atomic E-state index is -0.321. The fourth-order valence-corrected chi connectivity index (χ4v) is 3.88. The molecule has 6 nitrogen and oxygen atoms in total. The molecule has 2 N–H and O–H groups in total. The highest BCUT2D eigenvalue weighted by atomic mass is 35.5. The smallest absolute Gasteiger partial charge is 0.271 e. The summed E-state index contributed by atoms with van der Waals surface area (Å²) in [5, 5.41) is 10.7. The molecule has 1 aromatic heterocycles. The number of nitrogens with zero attached hydrogens (tertiary/aromatic N) is 2. The summed E-state index contributed by atoms with van der Waals surface area (Å²) >= 11 is 6.03. The number of aromatic nitrogens is 2. The van der Waals surface area contributed by atoms with Crippen LogP contribution < -0.4 is 5.32 Å². The van der Waals surface area contributed by atoms with Gasteiger partial charge in [-0.2, -0.15) is 5.10 Å². The van der Waals surface area contributed by atoms with Crippen molar-refractivity contribution < 1.29 is 14.0 Å². The van der Waals surface area contributed by atoms with Crippen molar-refractivity contribution in [3.63, 3.8) is 0 Å². The lowest BCUT2D eigenvalue weighted by atomic mass is 10.0. The first-order chi connectivity index (χ1) is 15.0. The van der Waals surface area contributed by atoms with Crippen LogP contribution in [-0.4, -0.2) is 46.0 Å².